The van der Waals surface area contributed by atoms with E-state index in [4.69, 9.17) is 10.5 Å². The molecule has 0 aliphatic carbocycles. The number of thiol groups is 1. The molecule has 0 aromatic heterocycles. The number of amidine groups is 1. The van der Waals surface area contributed by atoms with Crippen LogP contribution in [0.3, 0.4) is 0 Å². The largest absolute Gasteiger partial charge is 0.442 e. The lowest BCUT2D eigenvalue weighted by molar-refractivity contribution is 0.0605. The van der Waals surface area contributed by atoms with Crippen LogP contribution in [0.15, 0.2) is 28.0 Å². The molecule has 0 spiro atoms. The molecular weight excluding hydrogens is 250 g/mol. The van der Waals surface area contributed by atoms with Crippen LogP contribution in [0.2, 0.25) is 0 Å². The Hall–Kier alpha value is -1.52. The third-order valence-corrected chi connectivity index (χ3v) is 1.53. The van der Waals surface area contributed by atoms with Crippen molar-refractivity contribution in [2.75, 3.05) is 0 Å². The fraction of sp³-hybridized carbons (Fsp3) is 0.500. The standard InChI is InChI=1S/C12H19N3O2S/c1-12(2,3)17-11(16)15-9-7-5-4-6-8-14-10(13)18/h4,8-9H,5,7H2,1-3H3,(H3,13,14,18). The molecule has 1 amide bonds. The summed E-state index contributed by atoms with van der Waals surface area (Å²) in [6.45, 7) is 5.38. The first-order valence-corrected chi connectivity index (χ1v) is 5.93. The fourth-order valence-electron chi connectivity index (χ4n) is 0.825. The number of carbonyl (C=O) groups is 1. The van der Waals surface area contributed by atoms with Crippen molar-refractivity contribution >= 4 is 30.1 Å². The maximum absolute atomic E-state index is 11.2. The molecule has 0 atom stereocenters. The fourth-order valence-corrected chi connectivity index (χ4v) is 0.882. The van der Waals surface area contributed by atoms with Crippen LogP contribution in [-0.4, -0.2) is 23.1 Å². The lowest BCUT2D eigenvalue weighted by atomic mass is 10.2. The van der Waals surface area contributed by atoms with Crippen molar-refractivity contribution in [1.82, 2.24) is 0 Å². The van der Waals surface area contributed by atoms with Gasteiger partial charge in [0.1, 0.15) is 5.60 Å². The lowest BCUT2D eigenvalue weighted by Crippen LogP contribution is -2.21. The first kappa shape index (κ1) is 16.5. The van der Waals surface area contributed by atoms with E-state index >= 15 is 0 Å². The number of unbranched alkanes of at least 4 members (excludes halogenated alkanes) is 1. The number of aliphatic imine (C=N–C) groups is 2. The number of carbonyl (C=O) groups excluding carboxylic acids is 1. The van der Waals surface area contributed by atoms with Crippen LogP contribution in [0, 0.1) is 0 Å². The van der Waals surface area contributed by atoms with E-state index in [-0.39, 0.29) is 5.17 Å². The zero-order valence-electron chi connectivity index (χ0n) is 10.9. The van der Waals surface area contributed by atoms with E-state index in [1.165, 1.54) is 12.4 Å². The molecule has 0 rings (SSSR count). The maximum atomic E-state index is 11.2. The highest BCUT2D eigenvalue weighted by Crippen LogP contribution is 2.07. The number of allylic oxidation sites excluding steroid dienone is 1. The van der Waals surface area contributed by atoms with Gasteiger partial charge in [-0.1, -0.05) is 0 Å². The van der Waals surface area contributed by atoms with E-state index < -0.39 is 11.7 Å². The van der Waals surface area contributed by atoms with E-state index in [2.05, 4.69) is 28.3 Å². The average Bonchev–Trinajstić information content (AvgIpc) is 2.18. The van der Waals surface area contributed by atoms with Crippen molar-refractivity contribution in [3.63, 3.8) is 0 Å². The van der Waals surface area contributed by atoms with Gasteiger partial charge in [-0.25, -0.2) is 9.79 Å². The monoisotopic (exact) mass is 269 g/mol. The SMILES string of the molecule is CC(C)(C)OC(=O)N=CCCC=C=C/N=C(/N)S. The molecule has 0 aliphatic rings. The van der Waals surface area contributed by atoms with Crippen molar-refractivity contribution in [3.8, 4) is 0 Å². The Balaban J connectivity index is 3.89. The molecule has 18 heavy (non-hydrogen) atoms. The molecule has 0 saturated carbocycles. The molecule has 0 fully saturated rings. The van der Waals surface area contributed by atoms with Gasteiger partial charge in [0.2, 0.25) is 0 Å². The second-order valence-electron chi connectivity index (χ2n) is 4.36. The summed E-state index contributed by atoms with van der Waals surface area (Å²) in [5.41, 5.74) is 7.48. The molecule has 0 saturated heterocycles. The van der Waals surface area contributed by atoms with E-state index in [1.54, 1.807) is 26.8 Å². The van der Waals surface area contributed by atoms with E-state index in [0.29, 0.717) is 12.8 Å². The smallest absolute Gasteiger partial charge is 0.433 e. The molecule has 100 valence electrons. The molecular formula is C12H19N3O2S. The van der Waals surface area contributed by atoms with E-state index in [1.807, 2.05) is 0 Å². The van der Waals surface area contributed by atoms with Gasteiger partial charge in [-0.05, 0) is 39.7 Å². The van der Waals surface area contributed by atoms with Gasteiger partial charge in [0.05, 0.1) is 6.20 Å². The minimum atomic E-state index is -0.575. The maximum Gasteiger partial charge on any atom is 0.433 e. The summed E-state index contributed by atoms with van der Waals surface area (Å²) in [5, 5.41) is 0.183. The number of ether oxygens (including phenoxy) is 1. The van der Waals surface area contributed by atoms with Gasteiger partial charge in [0.15, 0.2) is 5.17 Å². The summed E-state index contributed by atoms with van der Waals surface area (Å²) in [6.07, 6.45) is 5.46. The van der Waals surface area contributed by atoms with Gasteiger partial charge >= 0.3 is 6.09 Å². The molecule has 0 aliphatic heterocycles. The van der Waals surface area contributed by atoms with Crippen LogP contribution in [-0.2, 0) is 4.74 Å². The summed E-state index contributed by atoms with van der Waals surface area (Å²) < 4.78 is 5.00. The molecule has 2 N–H and O–H groups in total. The number of hydrogen-bond donors (Lipinski definition) is 2. The van der Waals surface area contributed by atoms with E-state index in [0.717, 1.165) is 0 Å². The number of hydrogen-bond acceptors (Lipinski definition) is 3. The Morgan fingerprint density at radius 1 is 1.44 bits per heavy atom. The summed E-state index contributed by atoms with van der Waals surface area (Å²) in [6, 6.07) is 0. The van der Waals surface area contributed by atoms with Gasteiger partial charge in [-0.3, -0.25) is 0 Å². The van der Waals surface area contributed by atoms with Crippen LogP contribution in [0.1, 0.15) is 33.6 Å². The number of rotatable bonds is 4. The Kier molecular flexibility index (Phi) is 7.83. The highest BCUT2D eigenvalue weighted by atomic mass is 32.1. The predicted octanol–water partition coefficient (Wildman–Crippen LogP) is 2.69. The molecule has 0 bridgehead atoms. The van der Waals surface area contributed by atoms with Gasteiger partial charge in [-0.2, -0.15) is 4.99 Å². The first-order valence-electron chi connectivity index (χ1n) is 5.48. The quantitative estimate of drug-likeness (QED) is 0.271. The second kappa shape index (κ2) is 8.55. The van der Waals surface area contributed by atoms with Crippen LogP contribution < -0.4 is 5.73 Å². The summed E-state index contributed by atoms with van der Waals surface area (Å²) >= 11 is 3.78. The lowest BCUT2D eigenvalue weighted by Gasteiger charge is -2.16. The van der Waals surface area contributed by atoms with Crippen molar-refractivity contribution in [3.05, 3.63) is 18.0 Å². The second-order valence-corrected chi connectivity index (χ2v) is 4.81. The van der Waals surface area contributed by atoms with Gasteiger partial charge in [0.25, 0.3) is 0 Å². The minimum Gasteiger partial charge on any atom is -0.442 e. The zero-order valence-corrected chi connectivity index (χ0v) is 11.8. The number of nitrogens with two attached hydrogens (primary N) is 1. The summed E-state index contributed by atoms with van der Waals surface area (Å²) in [5.74, 6) is 0. The Morgan fingerprint density at radius 3 is 2.67 bits per heavy atom. The third kappa shape index (κ3) is 12.5. The van der Waals surface area contributed by atoms with Gasteiger partial charge < -0.3 is 10.5 Å². The number of amides is 1. The Labute approximate surface area is 113 Å². The number of nitrogens with zero attached hydrogens (tertiary/aromatic N) is 2. The predicted molar refractivity (Wildman–Crippen MR) is 77.2 cm³/mol. The zero-order chi connectivity index (χ0) is 14.0. The molecule has 0 heterocycles. The van der Waals surface area contributed by atoms with Crippen molar-refractivity contribution in [2.45, 2.75) is 39.2 Å². The van der Waals surface area contributed by atoms with Gasteiger partial charge in [-0.15, -0.1) is 18.4 Å². The Bertz CT molecular complexity index is 385. The molecule has 0 aromatic rings. The van der Waals surface area contributed by atoms with Crippen LogP contribution in [0.4, 0.5) is 4.79 Å². The molecule has 0 aromatic carbocycles. The molecule has 0 unspecified atom stereocenters. The normalized spacial score (nSPS) is 12.1. The molecule has 0 radical (unpaired) electrons. The highest BCUT2D eigenvalue weighted by molar-refractivity contribution is 7.96. The van der Waals surface area contributed by atoms with Crippen molar-refractivity contribution in [1.29, 1.82) is 0 Å². The van der Waals surface area contributed by atoms with Crippen LogP contribution in [0.5, 0.6) is 0 Å². The summed E-state index contributed by atoms with van der Waals surface area (Å²) in [4.78, 5) is 18.5. The third-order valence-electron chi connectivity index (χ3n) is 1.42. The van der Waals surface area contributed by atoms with Crippen molar-refractivity contribution in [2.24, 2.45) is 15.7 Å². The average molecular weight is 269 g/mol. The molecule has 5 nitrogen and oxygen atoms in total. The minimum absolute atomic E-state index is 0.183. The van der Waals surface area contributed by atoms with Crippen LogP contribution >= 0.6 is 12.6 Å². The van der Waals surface area contributed by atoms with Gasteiger partial charge in [0, 0.05) is 6.21 Å². The van der Waals surface area contributed by atoms with Crippen molar-refractivity contribution < 1.29 is 9.53 Å². The molecule has 6 heteroatoms. The first-order chi connectivity index (χ1) is 8.31. The van der Waals surface area contributed by atoms with E-state index in [9.17, 15) is 4.79 Å². The highest BCUT2D eigenvalue weighted by Gasteiger charge is 2.14. The topological polar surface area (TPSA) is 77.0 Å². The van der Waals surface area contributed by atoms with Crippen LogP contribution in [0.25, 0.3) is 0 Å². The summed E-state index contributed by atoms with van der Waals surface area (Å²) in [7, 11) is 0. The Morgan fingerprint density at radius 2 is 2.11 bits per heavy atom.